The van der Waals surface area contributed by atoms with Crippen molar-refractivity contribution in [2.24, 2.45) is 5.10 Å². The van der Waals surface area contributed by atoms with Crippen LogP contribution in [0.1, 0.15) is 13.8 Å². The Morgan fingerprint density at radius 3 is 2.30 bits per heavy atom. The molecule has 0 heterocycles. The molecule has 108 valence electrons. The van der Waals surface area contributed by atoms with Gasteiger partial charge in [-0.1, -0.05) is 0 Å². The second-order valence-corrected chi connectivity index (χ2v) is 3.70. The van der Waals surface area contributed by atoms with E-state index in [0.717, 1.165) is 32.0 Å². The first kappa shape index (κ1) is 15.7. The molecule has 0 unspecified atom stereocenters. The SMILES string of the molecule is CC(=O)C(=NNc1ccc(OC(F)F)cc1F)C(C)=O. The highest BCUT2D eigenvalue weighted by Crippen LogP contribution is 2.22. The molecule has 0 fully saturated rings. The van der Waals surface area contributed by atoms with E-state index in [4.69, 9.17) is 0 Å². The van der Waals surface area contributed by atoms with Crippen LogP contribution in [-0.2, 0) is 9.59 Å². The molecule has 5 nitrogen and oxygen atoms in total. The Morgan fingerprint density at radius 2 is 1.85 bits per heavy atom. The average Bonchev–Trinajstić information content (AvgIpc) is 2.30. The Morgan fingerprint density at radius 1 is 1.25 bits per heavy atom. The van der Waals surface area contributed by atoms with Crippen LogP contribution in [0.5, 0.6) is 5.75 Å². The molecule has 1 aromatic carbocycles. The van der Waals surface area contributed by atoms with Gasteiger partial charge in [-0.3, -0.25) is 15.0 Å². The highest BCUT2D eigenvalue weighted by molar-refractivity contribution is 6.65. The second kappa shape index (κ2) is 6.69. The molecule has 0 aliphatic rings. The maximum Gasteiger partial charge on any atom is 0.387 e. The summed E-state index contributed by atoms with van der Waals surface area (Å²) in [5.41, 5.74) is 1.62. The molecule has 1 aromatic rings. The number of ketones is 2. The Labute approximate surface area is 112 Å². The minimum Gasteiger partial charge on any atom is -0.435 e. The highest BCUT2D eigenvalue weighted by Gasteiger charge is 2.13. The number of Topliss-reactive ketones (excluding diaryl/α,β-unsaturated/α-hetero) is 2. The van der Waals surface area contributed by atoms with Crippen molar-refractivity contribution in [2.45, 2.75) is 20.5 Å². The monoisotopic (exact) mass is 288 g/mol. The molecule has 0 aromatic heterocycles. The molecule has 0 aliphatic carbocycles. The summed E-state index contributed by atoms with van der Waals surface area (Å²) in [5, 5.41) is 3.48. The Hall–Kier alpha value is -2.38. The van der Waals surface area contributed by atoms with Gasteiger partial charge in [-0.15, -0.1) is 0 Å². The number of benzene rings is 1. The second-order valence-electron chi connectivity index (χ2n) is 3.70. The van der Waals surface area contributed by atoms with Gasteiger partial charge in [-0.25, -0.2) is 4.39 Å². The van der Waals surface area contributed by atoms with E-state index >= 15 is 0 Å². The van der Waals surface area contributed by atoms with Gasteiger partial charge in [0.2, 0.25) is 0 Å². The maximum atomic E-state index is 13.5. The van der Waals surface area contributed by atoms with Crippen LogP contribution in [0, 0.1) is 5.82 Å². The number of carbonyl (C=O) groups is 2. The summed E-state index contributed by atoms with van der Waals surface area (Å²) in [7, 11) is 0. The van der Waals surface area contributed by atoms with Crippen molar-refractivity contribution < 1.29 is 27.5 Å². The number of nitrogens with one attached hydrogen (secondary N) is 1. The predicted octanol–water partition coefficient (Wildman–Crippen LogP) is 2.37. The van der Waals surface area contributed by atoms with Gasteiger partial charge in [-0.05, 0) is 12.1 Å². The molecule has 1 N–H and O–H groups in total. The van der Waals surface area contributed by atoms with E-state index in [0.29, 0.717) is 0 Å². The van der Waals surface area contributed by atoms with Gasteiger partial charge in [0, 0.05) is 19.9 Å². The van der Waals surface area contributed by atoms with E-state index in [1.165, 1.54) is 0 Å². The average molecular weight is 288 g/mol. The van der Waals surface area contributed by atoms with Gasteiger partial charge in [0.15, 0.2) is 23.1 Å². The van der Waals surface area contributed by atoms with Gasteiger partial charge >= 0.3 is 6.61 Å². The highest BCUT2D eigenvalue weighted by atomic mass is 19.3. The molecule has 0 aliphatic heterocycles. The Bertz CT molecular complexity index is 543. The van der Waals surface area contributed by atoms with Crippen LogP contribution in [0.3, 0.4) is 0 Å². The predicted molar refractivity (Wildman–Crippen MR) is 65.5 cm³/mol. The lowest BCUT2D eigenvalue weighted by Gasteiger charge is -2.07. The zero-order valence-electron chi connectivity index (χ0n) is 10.6. The molecule has 0 saturated carbocycles. The van der Waals surface area contributed by atoms with Crippen LogP contribution in [0.2, 0.25) is 0 Å². The fraction of sp³-hybridized carbons (Fsp3) is 0.250. The molecule has 0 amide bonds. The molecule has 0 saturated heterocycles. The van der Waals surface area contributed by atoms with Gasteiger partial charge in [0.25, 0.3) is 0 Å². The van der Waals surface area contributed by atoms with E-state index in [9.17, 15) is 22.8 Å². The van der Waals surface area contributed by atoms with E-state index in [1.54, 1.807) is 0 Å². The normalized spacial score (nSPS) is 10.1. The van der Waals surface area contributed by atoms with Gasteiger partial charge in [-0.2, -0.15) is 13.9 Å². The molecular formula is C12H11F3N2O3. The van der Waals surface area contributed by atoms with Crippen molar-refractivity contribution in [3.63, 3.8) is 0 Å². The lowest BCUT2D eigenvalue weighted by Crippen LogP contribution is -2.20. The lowest BCUT2D eigenvalue weighted by molar-refractivity contribution is -0.114. The number of hydrogen-bond donors (Lipinski definition) is 1. The number of carbonyl (C=O) groups excluding carboxylic acids is 2. The number of halogens is 3. The summed E-state index contributed by atoms with van der Waals surface area (Å²) in [6.07, 6.45) is 0. The first-order valence-corrected chi connectivity index (χ1v) is 5.41. The largest absolute Gasteiger partial charge is 0.435 e. The van der Waals surface area contributed by atoms with Crippen LogP contribution >= 0.6 is 0 Å². The summed E-state index contributed by atoms with van der Waals surface area (Å²) in [6, 6.07) is 2.91. The summed E-state index contributed by atoms with van der Waals surface area (Å²) in [4.78, 5) is 22.2. The Kier molecular flexibility index (Phi) is 5.24. The van der Waals surface area contributed by atoms with E-state index < -0.39 is 24.0 Å². The van der Waals surface area contributed by atoms with Gasteiger partial charge in [0.1, 0.15) is 5.75 Å². The quantitative estimate of drug-likeness (QED) is 0.496. The molecule has 0 bridgehead atoms. The van der Waals surface area contributed by atoms with Crippen LogP contribution < -0.4 is 10.2 Å². The summed E-state index contributed by atoms with van der Waals surface area (Å²) in [5.74, 6) is -2.44. The van der Waals surface area contributed by atoms with Gasteiger partial charge in [0.05, 0.1) is 5.69 Å². The number of hydrazone groups is 1. The smallest absolute Gasteiger partial charge is 0.387 e. The summed E-state index contributed by atoms with van der Waals surface area (Å²) in [6.45, 7) is -0.788. The van der Waals surface area contributed by atoms with Crippen LogP contribution in [0.25, 0.3) is 0 Å². The Balaban J connectivity index is 2.91. The summed E-state index contributed by atoms with van der Waals surface area (Å²) < 4.78 is 41.4. The number of ether oxygens (including phenoxy) is 1. The number of alkyl halides is 2. The van der Waals surface area contributed by atoms with Crippen LogP contribution in [0.4, 0.5) is 18.9 Å². The molecule has 1 rings (SSSR count). The van der Waals surface area contributed by atoms with Crippen molar-refractivity contribution >= 4 is 23.0 Å². The first-order chi connectivity index (χ1) is 9.31. The third-order valence-electron chi connectivity index (χ3n) is 2.12. The molecule has 0 radical (unpaired) electrons. The standard InChI is InChI=1S/C12H11F3N2O3/c1-6(18)11(7(2)19)17-16-10-4-3-8(5-9(10)13)20-12(14)15/h3-5,12,16H,1-2H3. The number of anilines is 1. The van der Waals surface area contributed by atoms with E-state index in [1.807, 2.05) is 0 Å². The van der Waals surface area contributed by atoms with Crippen molar-refractivity contribution in [1.29, 1.82) is 0 Å². The molecule has 0 spiro atoms. The van der Waals surface area contributed by atoms with Crippen molar-refractivity contribution in [1.82, 2.24) is 0 Å². The van der Waals surface area contributed by atoms with Crippen LogP contribution in [-0.4, -0.2) is 23.9 Å². The molecule has 0 atom stereocenters. The van der Waals surface area contributed by atoms with E-state index in [-0.39, 0.29) is 17.1 Å². The molecule has 20 heavy (non-hydrogen) atoms. The van der Waals surface area contributed by atoms with Gasteiger partial charge < -0.3 is 4.74 Å². The third-order valence-corrected chi connectivity index (χ3v) is 2.12. The number of rotatable bonds is 6. The fourth-order valence-corrected chi connectivity index (χ4v) is 1.28. The van der Waals surface area contributed by atoms with Crippen molar-refractivity contribution in [3.8, 4) is 5.75 Å². The zero-order valence-corrected chi connectivity index (χ0v) is 10.6. The van der Waals surface area contributed by atoms with Crippen LogP contribution in [0.15, 0.2) is 23.3 Å². The minimum atomic E-state index is -3.06. The summed E-state index contributed by atoms with van der Waals surface area (Å²) >= 11 is 0. The molecular weight excluding hydrogens is 277 g/mol. The van der Waals surface area contributed by atoms with Crippen molar-refractivity contribution in [2.75, 3.05) is 5.43 Å². The number of hydrogen-bond acceptors (Lipinski definition) is 5. The fourth-order valence-electron chi connectivity index (χ4n) is 1.28. The van der Waals surface area contributed by atoms with E-state index in [2.05, 4.69) is 15.3 Å². The maximum absolute atomic E-state index is 13.5. The lowest BCUT2D eigenvalue weighted by atomic mass is 10.2. The minimum absolute atomic E-state index is 0.188. The molecule has 8 heteroatoms. The zero-order chi connectivity index (χ0) is 15.3. The number of nitrogens with zero attached hydrogens (tertiary/aromatic N) is 1. The van der Waals surface area contributed by atoms with Crippen molar-refractivity contribution in [3.05, 3.63) is 24.0 Å². The topological polar surface area (TPSA) is 67.8 Å². The first-order valence-electron chi connectivity index (χ1n) is 5.41. The third kappa shape index (κ3) is 4.38.